The summed E-state index contributed by atoms with van der Waals surface area (Å²) in [5.74, 6) is 0.320. The van der Waals surface area contributed by atoms with Gasteiger partial charge in [-0.1, -0.05) is 11.6 Å². The van der Waals surface area contributed by atoms with Crippen LogP contribution >= 0.6 is 11.6 Å². The molecule has 0 saturated carbocycles. The number of halogens is 3. The standard InChI is InChI=1S/C15H18ClF2NO3/c1-15(2,3)22-14(20)19(4)11-7-21-12-6-8(13(17)18)10(16)5-9(11)12/h5-6,11,13H,7H2,1-4H3. The van der Waals surface area contributed by atoms with Crippen LogP contribution in [0.1, 0.15) is 44.4 Å². The van der Waals surface area contributed by atoms with Gasteiger partial charge in [0.2, 0.25) is 0 Å². The molecule has 1 amide bonds. The monoisotopic (exact) mass is 333 g/mol. The van der Waals surface area contributed by atoms with Gasteiger partial charge in [-0.2, -0.15) is 0 Å². The number of hydrogen-bond acceptors (Lipinski definition) is 3. The molecule has 0 spiro atoms. The highest BCUT2D eigenvalue weighted by molar-refractivity contribution is 6.31. The van der Waals surface area contributed by atoms with E-state index < -0.39 is 24.2 Å². The molecule has 1 aliphatic rings. The van der Waals surface area contributed by atoms with Gasteiger partial charge in [0.15, 0.2) is 0 Å². The van der Waals surface area contributed by atoms with Gasteiger partial charge >= 0.3 is 6.09 Å². The van der Waals surface area contributed by atoms with E-state index in [1.165, 1.54) is 17.0 Å². The van der Waals surface area contributed by atoms with E-state index >= 15 is 0 Å². The van der Waals surface area contributed by atoms with Crippen LogP contribution in [0.5, 0.6) is 5.75 Å². The molecule has 0 radical (unpaired) electrons. The van der Waals surface area contributed by atoms with Crippen molar-refractivity contribution in [1.29, 1.82) is 0 Å². The molecule has 0 bridgehead atoms. The van der Waals surface area contributed by atoms with E-state index in [0.29, 0.717) is 11.3 Å². The molecule has 1 heterocycles. The summed E-state index contributed by atoms with van der Waals surface area (Å²) in [6.45, 7) is 5.48. The van der Waals surface area contributed by atoms with Crippen LogP contribution < -0.4 is 4.74 Å². The van der Waals surface area contributed by atoms with Crippen molar-refractivity contribution in [3.63, 3.8) is 0 Å². The fourth-order valence-electron chi connectivity index (χ4n) is 2.18. The Morgan fingerprint density at radius 1 is 1.45 bits per heavy atom. The van der Waals surface area contributed by atoms with Crippen molar-refractivity contribution in [3.8, 4) is 5.75 Å². The molecule has 22 heavy (non-hydrogen) atoms. The van der Waals surface area contributed by atoms with Crippen LogP contribution in [0.25, 0.3) is 0 Å². The number of carbonyl (C=O) groups is 1. The second-order valence-electron chi connectivity index (χ2n) is 6.13. The molecule has 1 aromatic rings. The summed E-state index contributed by atoms with van der Waals surface area (Å²) >= 11 is 5.89. The van der Waals surface area contributed by atoms with Gasteiger partial charge in [-0.3, -0.25) is 0 Å². The maximum Gasteiger partial charge on any atom is 0.410 e. The van der Waals surface area contributed by atoms with Gasteiger partial charge in [0.05, 0.1) is 11.1 Å². The molecule has 1 atom stereocenters. The summed E-state index contributed by atoms with van der Waals surface area (Å²) in [4.78, 5) is 13.5. The lowest BCUT2D eigenvalue weighted by Gasteiger charge is -2.28. The Hall–Kier alpha value is -1.56. The average molecular weight is 334 g/mol. The third-order valence-corrected chi connectivity index (χ3v) is 3.60. The Labute approximate surface area is 132 Å². The van der Waals surface area contributed by atoms with Crippen LogP contribution in [0.15, 0.2) is 12.1 Å². The largest absolute Gasteiger partial charge is 0.491 e. The van der Waals surface area contributed by atoms with E-state index in [-0.39, 0.29) is 17.2 Å². The summed E-state index contributed by atoms with van der Waals surface area (Å²) in [7, 11) is 1.58. The lowest BCUT2D eigenvalue weighted by molar-refractivity contribution is 0.0201. The third-order valence-electron chi connectivity index (χ3n) is 3.27. The summed E-state index contributed by atoms with van der Waals surface area (Å²) in [5.41, 5.74) is -0.297. The first-order chi connectivity index (χ1) is 10.1. The number of fused-ring (bicyclic) bond motifs is 1. The molecule has 122 valence electrons. The molecule has 0 fully saturated rings. The van der Waals surface area contributed by atoms with Gasteiger partial charge in [-0.05, 0) is 32.9 Å². The van der Waals surface area contributed by atoms with Gasteiger partial charge in [0, 0.05) is 18.2 Å². The van der Waals surface area contributed by atoms with Crippen LogP contribution in [-0.4, -0.2) is 30.2 Å². The number of benzene rings is 1. The van der Waals surface area contributed by atoms with E-state index in [9.17, 15) is 13.6 Å². The zero-order chi connectivity index (χ0) is 16.7. The van der Waals surface area contributed by atoms with Crippen molar-refractivity contribution in [2.24, 2.45) is 0 Å². The Morgan fingerprint density at radius 3 is 2.64 bits per heavy atom. The lowest BCUT2D eigenvalue weighted by atomic mass is 10.1. The topological polar surface area (TPSA) is 38.8 Å². The quantitative estimate of drug-likeness (QED) is 0.795. The van der Waals surface area contributed by atoms with E-state index in [1.807, 2.05) is 0 Å². The van der Waals surface area contributed by atoms with Crippen LogP contribution in [0, 0.1) is 0 Å². The van der Waals surface area contributed by atoms with Crippen LogP contribution in [0.2, 0.25) is 5.02 Å². The lowest BCUT2D eigenvalue weighted by Crippen LogP contribution is -2.37. The first-order valence-corrected chi connectivity index (χ1v) is 7.18. The smallest absolute Gasteiger partial charge is 0.410 e. The average Bonchev–Trinajstić information content (AvgIpc) is 2.77. The van der Waals surface area contributed by atoms with Crippen LogP contribution in [-0.2, 0) is 4.74 Å². The van der Waals surface area contributed by atoms with E-state index in [1.54, 1.807) is 27.8 Å². The molecule has 0 aliphatic carbocycles. The van der Waals surface area contributed by atoms with Crippen molar-refractivity contribution in [1.82, 2.24) is 4.90 Å². The maximum absolute atomic E-state index is 12.8. The molecule has 1 aliphatic heterocycles. The molecule has 2 rings (SSSR count). The van der Waals surface area contributed by atoms with E-state index in [0.717, 1.165) is 0 Å². The van der Waals surface area contributed by atoms with Crippen molar-refractivity contribution < 1.29 is 23.0 Å². The second kappa shape index (κ2) is 5.91. The zero-order valence-electron chi connectivity index (χ0n) is 12.8. The number of carbonyl (C=O) groups excluding carboxylic acids is 1. The molecule has 1 unspecified atom stereocenters. The Kier molecular flexibility index (Phi) is 4.52. The highest BCUT2D eigenvalue weighted by Gasteiger charge is 2.34. The van der Waals surface area contributed by atoms with Gasteiger partial charge < -0.3 is 14.4 Å². The molecule has 7 heteroatoms. The fourth-order valence-corrected chi connectivity index (χ4v) is 2.43. The molecule has 0 N–H and O–H groups in total. The summed E-state index contributed by atoms with van der Waals surface area (Å²) in [5, 5.41) is -0.0400. The number of amides is 1. The molecule has 0 aromatic heterocycles. The number of likely N-dealkylation sites (N-methyl/N-ethyl adjacent to an activating group) is 1. The number of ether oxygens (including phenoxy) is 2. The first-order valence-electron chi connectivity index (χ1n) is 6.80. The van der Waals surface area contributed by atoms with Gasteiger partial charge in [0.1, 0.15) is 18.0 Å². The van der Waals surface area contributed by atoms with Crippen LogP contribution in [0.4, 0.5) is 13.6 Å². The minimum absolute atomic E-state index is 0.0400. The Balaban J connectivity index is 2.25. The van der Waals surface area contributed by atoms with E-state index in [4.69, 9.17) is 21.1 Å². The predicted octanol–water partition coefficient (Wildman–Crippen LogP) is 4.58. The van der Waals surface area contributed by atoms with Crippen molar-refractivity contribution in [2.45, 2.75) is 38.8 Å². The SMILES string of the molecule is CN(C(=O)OC(C)(C)C)C1COc2cc(C(F)F)c(Cl)cc21. The maximum atomic E-state index is 12.8. The van der Waals surface area contributed by atoms with E-state index in [2.05, 4.69) is 0 Å². The number of nitrogens with zero attached hydrogens (tertiary/aromatic N) is 1. The van der Waals surface area contributed by atoms with Crippen LogP contribution in [0.3, 0.4) is 0 Å². The normalized spacial score (nSPS) is 17.2. The first kappa shape index (κ1) is 16.8. The highest BCUT2D eigenvalue weighted by Crippen LogP contribution is 2.41. The zero-order valence-corrected chi connectivity index (χ0v) is 13.6. The number of alkyl halides is 2. The van der Waals surface area contributed by atoms with Crippen molar-refractivity contribution in [2.75, 3.05) is 13.7 Å². The molecule has 4 nitrogen and oxygen atoms in total. The fraction of sp³-hybridized carbons (Fsp3) is 0.533. The Morgan fingerprint density at radius 2 is 2.09 bits per heavy atom. The molecule has 0 saturated heterocycles. The third kappa shape index (κ3) is 3.43. The van der Waals surface area contributed by atoms with Gasteiger partial charge in [-0.15, -0.1) is 0 Å². The number of hydrogen-bond donors (Lipinski definition) is 0. The summed E-state index contributed by atoms with van der Waals surface area (Å²) < 4.78 is 36.4. The summed E-state index contributed by atoms with van der Waals surface area (Å²) in [6, 6.07) is 2.23. The number of rotatable bonds is 2. The molecule has 1 aromatic carbocycles. The van der Waals surface area contributed by atoms with Crippen molar-refractivity contribution in [3.05, 3.63) is 28.3 Å². The molecular weight excluding hydrogens is 316 g/mol. The van der Waals surface area contributed by atoms with Gasteiger partial charge in [-0.25, -0.2) is 13.6 Å². The van der Waals surface area contributed by atoms with Crippen molar-refractivity contribution >= 4 is 17.7 Å². The predicted molar refractivity (Wildman–Crippen MR) is 78.6 cm³/mol. The highest BCUT2D eigenvalue weighted by atomic mass is 35.5. The minimum Gasteiger partial charge on any atom is -0.491 e. The second-order valence-corrected chi connectivity index (χ2v) is 6.54. The minimum atomic E-state index is -2.68. The summed E-state index contributed by atoms with van der Waals surface area (Å²) in [6.07, 6.45) is -3.19. The Bertz CT molecular complexity index is 587. The molecular formula is C15H18ClF2NO3. The van der Waals surface area contributed by atoms with Gasteiger partial charge in [0.25, 0.3) is 6.43 Å².